The van der Waals surface area contributed by atoms with Gasteiger partial charge >= 0.3 is 0 Å². The minimum absolute atomic E-state index is 0.0528. The van der Waals surface area contributed by atoms with Gasteiger partial charge in [-0.25, -0.2) is 0 Å². The van der Waals surface area contributed by atoms with Crippen LogP contribution in [0.15, 0.2) is 36.4 Å². The van der Waals surface area contributed by atoms with Crippen LogP contribution in [0, 0.1) is 10.1 Å². The molecule has 0 aliphatic carbocycles. The Balaban J connectivity index is 2.36. The van der Waals surface area contributed by atoms with E-state index in [1.807, 2.05) is 6.08 Å². The van der Waals surface area contributed by atoms with Crippen molar-refractivity contribution in [1.82, 2.24) is 0 Å². The van der Waals surface area contributed by atoms with Crippen molar-refractivity contribution in [2.45, 2.75) is 0 Å². The van der Waals surface area contributed by atoms with Crippen LogP contribution in [0.3, 0.4) is 0 Å². The molecule has 0 aliphatic rings. The summed E-state index contributed by atoms with van der Waals surface area (Å²) in [6, 6.07) is 10.0. The van der Waals surface area contributed by atoms with Gasteiger partial charge in [0, 0.05) is 12.1 Å². The van der Waals surface area contributed by atoms with Gasteiger partial charge in [0.05, 0.1) is 26.3 Å². The molecule has 0 aromatic heterocycles. The third-order valence-corrected chi connectivity index (χ3v) is 3.24. The normalized spacial score (nSPS) is 10.6. The van der Waals surface area contributed by atoms with Crippen molar-refractivity contribution in [2.75, 3.05) is 21.3 Å². The Hall–Kier alpha value is -3.02. The Morgan fingerprint density at radius 1 is 0.913 bits per heavy atom. The highest BCUT2D eigenvalue weighted by Crippen LogP contribution is 2.38. The molecule has 0 saturated heterocycles. The molecule has 0 radical (unpaired) electrons. The summed E-state index contributed by atoms with van der Waals surface area (Å²) < 4.78 is 15.9. The monoisotopic (exact) mass is 315 g/mol. The summed E-state index contributed by atoms with van der Waals surface area (Å²) >= 11 is 0. The zero-order chi connectivity index (χ0) is 16.8. The summed E-state index contributed by atoms with van der Waals surface area (Å²) in [5, 5.41) is 10.8. The number of nitro benzene ring substituents is 1. The highest BCUT2D eigenvalue weighted by molar-refractivity contribution is 5.73. The molecule has 6 heteroatoms. The highest BCUT2D eigenvalue weighted by atomic mass is 16.6. The highest BCUT2D eigenvalue weighted by Gasteiger charge is 2.12. The van der Waals surface area contributed by atoms with Gasteiger partial charge in [0.1, 0.15) is 0 Å². The van der Waals surface area contributed by atoms with Gasteiger partial charge in [-0.05, 0) is 23.3 Å². The van der Waals surface area contributed by atoms with Crippen molar-refractivity contribution in [1.29, 1.82) is 0 Å². The van der Waals surface area contributed by atoms with E-state index in [0.29, 0.717) is 17.2 Å². The first kappa shape index (κ1) is 16.4. The Morgan fingerprint density at radius 2 is 1.52 bits per heavy atom. The van der Waals surface area contributed by atoms with Crippen LogP contribution in [0.4, 0.5) is 5.69 Å². The fourth-order valence-electron chi connectivity index (χ4n) is 2.13. The van der Waals surface area contributed by atoms with Crippen molar-refractivity contribution in [2.24, 2.45) is 0 Å². The lowest BCUT2D eigenvalue weighted by Gasteiger charge is -2.12. The van der Waals surface area contributed by atoms with Gasteiger partial charge in [0.2, 0.25) is 5.75 Å². The van der Waals surface area contributed by atoms with E-state index >= 15 is 0 Å². The van der Waals surface area contributed by atoms with Crippen molar-refractivity contribution in [3.63, 3.8) is 0 Å². The SMILES string of the molecule is COc1cc(/C=C/c2cccc([N+](=O)[O-])c2)cc(OC)c1OC. The molecule has 0 atom stereocenters. The lowest BCUT2D eigenvalue weighted by Crippen LogP contribution is -1.95. The summed E-state index contributed by atoms with van der Waals surface area (Å²) in [5.74, 6) is 1.61. The van der Waals surface area contributed by atoms with Crippen molar-refractivity contribution < 1.29 is 19.1 Å². The van der Waals surface area contributed by atoms with Gasteiger partial charge in [-0.15, -0.1) is 0 Å². The van der Waals surface area contributed by atoms with Crippen LogP contribution in [-0.4, -0.2) is 26.3 Å². The average Bonchev–Trinajstić information content (AvgIpc) is 2.59. The molecule has 0 unspecified atom stereocenters. The molecule has 120 valence electrons. The summed E-state index contributed by atoms with van der Waals surface area (Å²) in [6.07, 6.45) is 3.61. The Kier molecular flexibility index (Phi) is 5.19. The first-order valence-electron chi connectivity index (χ1n) is 6.81. The number of rotatable bonds is 6. The van der Waals surface area contributed by atoms with E-state index < -0.39 is 4.92 Å². The number of ether oxygens (including phenoxy) is 3. The molecular formula is C17H17NO5. The number of benzene rings is 2. The van der Waals surface area contributed by atoms with Crippen molar-refractivity contribution >= 4 is 17.8 Å². The fraction of sp³-hybridized carbons (Fsp3) is 0.176. The Labute approximate surface area is 134 Å². The van der Waals surface area contributed by atoms with Crippen LogP contribution in [0.2, 0.25) is 0 Å². The number of methoxy groups -OCH3 is 3. The molecule has 0 heterocycles. The van der Waals surface area contributed by atoms with Crippen LogP contribution in [0.5, 0.6) is 17.2 Å². The van der Waals surface area contributed by atoms with E-state index in [2.05, 4.69) is 0 Å². The van der Waals surface area contributed by atoms with Crippen LogP contribution < -0.4 is 14.2 Å². The van der Waals surface area contributed by atoms with E-state index in [9.17, 15) is 10.1 Å². The maximum atomic E-state index is 10.8. The standard InChI is InChI=1S/C17H17NO5/c1-21-15-10-13(11-16(22-2)17(15)23-3)8-7-12-5-4-6-14(9-12)18(19)20/h4-11H,1-3H3/b8-7+. The largest absolute Gasteiger partial charge is 0.493 e. The molecular weight excluding hydrogens is 298 g/mol. The topological polar surface area (TPSA) is 70.8 Å². The second-order valence-electron chi connectivity index (χ2n) is 4.64. The molecule has 0 bridgehead atoms. The predicted molar refractivity (Wildman–Crippen MR) is 88.1 cm³/mol. The molecule has 0 fully saturated rings. The van der Waals surface area contributed by atoms with Crippen molar-refractivity contribution in [3.8, 4) is 17.2 Å². The second kappa shape index (κ2) is 7.31. The number of non-ortho nitro benzene ring substituents is 1. The van der Waals surface area contributed by atoms with E-state index in [4.69, 9.17) is 14.2 Å². The molecule has 2 rings (SSSR count). The van der Waals surface area contributed by atoms with Crippen LogP contribution >= 0.6 is 0 Å². The lowest BCUT2D eigenvalue weighted by atomic mass is 10.1. The van der Waals surface area contributed by atoms with Gasteiger partial charge in [-0.3, -0.25) is 10.1 Å². The van der Waals surface area contributed by atoms with Crippen LogP contribution in [0.1, 0.15) is 11.1 Å². The number of hydrogen-bond acceptors (Lipinski definition) is 5. The predicted octanol–water partition coefficient (Wildman–Crippen LogP) is 3.79. The van der Waals surface area contributed by atoms with E-state index in [1.54, 1.807) is 51.7 Å². The third kappa shape index (κ3) is 3.79. The smallest absolute Gasteiger partial charge is 0.270 e. The average molecular weight is 315 g/mol. The van der Waals surface area contributed by atoms with Gasteiger partial charge in [0.15, 0.2) is 11.5 Å². The van der Waals surface area contributed by atoms with E-state index in [-0.39, 0.29) is 5.69 Å². The zero-order valence-electron chi connectivity index (χ0n) is 13.1. The summed E-state index contributed by atoms with van der Waals surface area (Å²) in [4.78, 5) is 10.4. The Bertz CT molecular complexity index is 715. The quantitative estimate of drug-likeness (QED) is 0.461. The van der Waals surface area contributed by atoms with Crippen LogP contribution in [-0.2, 0) is 0 Å². The fourth-order valence-corrected chi connectivity index (χ4v) is 2.13. The third-order valence-electron chi connectivity index (χ3n) is 3.24. The molecule has 2 aromatic carbocycles. The molecule has 0 spiro atoms. The molecule has 0 aliphatic heterocycles. The van der Waals surface area contributed by atoms with E-state index in [1.165, 1.54) is 12.1 Å². The van der Waals surface area contributed by atoms with Crippen molar-refractivity contribution in [3.05, 3.63) is 57.6 Å². The lowest BCUT2D eigenvalue weighted by molar-refractivity contribution is -0.384. The minimum Gasteiger partial charge on any atom is -0.493 e. The minimum atomic E-state index is -0.420. The number of nitro groups is 1. The summed E-state index contributed by atoms with van der Waals surface area (Å²) in [5.41, 5.74) is 1.61. The van der Waals surface area contributed by atoms with Crippen LogP contribution in [0.25, 0.3) is 12.2 Å². The van der Waals surface area contributed by atoms with Gasteiger partial charge in [0.25, 0.3) is 5.69 Å². The molecule has 0 amide bonds. The zero-order valence-corrected chi connectivity index (χ0v) is 13.1. The molecule has 23 heavy (non-hydrogen) atoms. The molecule has 2 aromatic rings. The maximum absolute atomic E-state index is 10.8. The van der Waals surface area contributed by atoms with E-state index in [0.717, 1.165) is 11.1 Å². The van der Waals surface area contributed by atoms with Gasteiger partial charge in [-0.2, -0.15) is 0 Å². The number of hydrogen-bond donors (Lipinski definition) is 0. The van der Waals surface area contributed by atoms with Gasteiger partial charge in [-0.1, -0.05) is 24.3 Å². The first-order valence-corrected chi connectivity index (χ1v) is 6.81. The first-order chi connectivity index (χ1) is 11.1. The maximum Gasteiger partial charge on any atom is 0.270 e. The Morgan fingerprint density at radius 3 is 2.04 bits per heavy atom. The summed E-state index contributed by atoms with van der Waals surface area (Å²) in [6.45, 7) is 0. The summed E-state index contributed by atoms with van der Waals surface area (Å²) in [7, 11) is 4.63. The molecule has 0 N–H and O–H groups in total. The van der Waals surface area contributed by atoms with Gasteiger partial charge < -0.3 is 14.2 Å². The second-order valence-corrected chi connectivity index (χ2v) is 4.64. The number of nitrogens with zero attached hydrogens (tertiary/aromatic N) is 1. The molecule has 6 nitrogen and oxygen atoms in total. The molecule has 0 saturated carbocycles.